The summed E-state index contributed by atoms with van der Waals surface area (Å²) >= 11 is 0. The highest BCUT2D eigenvalue weighted by Crippen LogP contribution is 1.94. The second kappa shape index (κ2) is 7.53. The topological polar surface area (TPSA) is 32.7 Å². The van der Waals surface area contributed by atoms with E-state index in [9.17, 15) is 5.11 Å². The van der Waals surface area contributed by atoms with E-state index in [2.05, 4.69) is 4.90 Å². The van der Waals surface area contributed by atoms with Crippen molar-refractivity contribution in [3.8, 4) is 0 Å². The van der Waals surface area contributed by atoms with Crippen LogP contribution in [0.3, 0.4) is 0 Å². The molecular weight excluding hydrogens is 154 g/mol. The Morgan fingerprint density at radius 3 is 2.67 bits per heavy atom. The highest BCUT2D eigenvalue weighted by atomic mass is 16.5. The van der Waals surface area contributed by atoms with Crippen LogP contribution < -0.4 is 0 Å². The Balaban J connectivity index is 3.26. The third-order valence-corrected chi connectivity index (χ3v) is 1.88. The maximum atomic E-state index is 9.31. The average Bonchev–Trinajstić information content (AvgIpc) is 2.05. The Labute approximate surface area is 75.3 Å². The normalized spacial score (nSPS) is 13.8. The highest BCUT2D eigenvalue weighted by molar-refractivity contribution is 4.58. The van der Waals surface area contributed by atoms with E-state index in [1.807, 2.05) is 14.0 Å². The zero-order chi connectivity index (χ0) is 9.40. The third kappa shape index (κ3) is 6.58. The van der Waals surface area contributed by atoms with E-state index in [0.29, 0.717) is 0 Å². The van der Waals surface area contributed by atoms with Crippen molar-refractivity contribution in [2.45, 2.75) is 25.9 Å². The fourth-order valence-corrected chi connectivity index (χ4v) is 1.06. The molecule has 0 spiro atoms. The van der Waals surface area contributed by atoms with E-state index in [0.717, 1.165) is 32.5 Å². The van der Waals surface area contributed by atoms with Gasteiger partial charge in [-0.25, -0.2) is 0 Å². The molecule has 0 saturated heterocycles. The van der Waals surface area contributed by atoms with E-state index in [1.165, 1.54) is 0 Å². The Morgan fingerprint density at radius 1 is 1.50 bits per heavy atom. The lowest BCUT2D eigenvalue weighted by atomic mass is 10.2. The first kappa shape index (κ1) is 11.9. The number of aliphatic hydroxyl groups excluding tert-OH is 1. The number of hydrogen-bond acceptors (Lipinski definition) is 3. The molecule has 0 radical (unpaired) electrons. The van der Waals surface area contributed by atoms with E-state index in [-0.39, 0.29) is 6.10 Å². The minimum absolute atomic E-state index is 0.183. The van der Waals surface area contributed by atoms with Crippen molar-refractivity contribution >= 4 is 0 Å². The van der Waals surface area contributed by atoms with Gasteiger partial charge in [-0.2, -0.15) is 0 Å². The molecule has 0 aliphatic carbocycles. The van der Waals surface area contributed by atoms with Gasteiger partial charge in [0.2, 0.25) is 0 Å². The number of rotatable bonds is 7. The molecule has 0 aromatic rings. The van der Waals surface area contributed by atoms with Crippen LogP contribution in [0.4, 0.5) is 0 Å². The summed E-state index contributed by atoms with van der Waals surface area (Å²) < 4.78 is 4.93. The molecule has 0 rings (SSSR count). The molecule has 1 atom stereocenters. The molecule has 3 nitrogen and oxygen atoms in total. The molecule has 0 aromatic carbocycles. The Hall–Kier alpha value is -0.120. The van der Waals surface area contributed by atoms with Crippen molar-refractivity contribution in [3.63, 3.8) is 0 Å². The number of hydrogen-bond donors (Lipinski definition) is 1. The zero-order valence-electron chi connectivity index (χ0n) is 8.42. The van der Waals surface area contributed by atoms with Crippen molar-refractivity contribution in [1.82, 2.24) is 4.90 Å². The van der Waals surface area contributed by atoms with Gasteiger partial charge in [0.1, 0.15) is 0 Å². The van der Waals surface area contributed by atoms with Crippen LogP contribution in [-0.2, 0) is 4.74 Å². The van der Waals surface area contributed by atoms with Crippen molar-refractivity contribution < 1.29 is 9.84 Å². The largest absolute Gasteiger partial charge is 0.392 e. The van der Waals surface area contributed by atoms with E-state index < -0.39 is 0 Å². The van der Waals surface area contributed by atoms with Crippen molar-refractivity contribution in [3.05, 3.63) is 0 Å². The molecule has 12 heavy (non-hydrogen) atoms. The molecule has 0 aliphatic rings. The van der Waals surface area contributed by atoms with Crippen LogP contribution in [-0.4, -0.2) is 50.0 Å². The summed E-state index contributed by atoms with van der Waals surface area (Å²) in [4.78, 5) is 2.13. The SMILES string of the molecule is CCC(O)CN(C)CCCOC. The lowest BCUT2D eigenvalue weighted by molar-refractivity contribution is 0.114. The number of methoxy groups -OCH3 is 1. The maximum Gasteiger partial charge on any atom is 0.0664 e. The smallest absolute Gasteiger partial charge is 0.0664 e. The van der Waals surface area contributed by atoms with Crippen molar-refractivity contribution in [2.75, 3.05) is 33.9 Å². The highest BCUT2D eigenvalue weighted by Gasteiger charge is 2.04. The Morgan fingerprint density at radius 2 is 2.17 bits per heavy atom. The summed E-state index contributed by atoms with van der Waals surface area (Å²) in [6.45, 7) is 4.55. The molecular formula is C9H21NO2. The number of nitrogens with zero attached hydrogens (tertiary/aromatic N) is 1. The molecule has 0 bridgehead atoms. The predicted molar refractivity (Wildman–Crippen MR) is 50.3 cm³/mol. The first-order valence-electron chi connectivity index (χ1n) is 4.56. The molecule has 0 saturated carbocycles. The minimum Gasteiger partial charge on any atom is -0.392 e. The van der Waals surface area contributed by atoms with Crippen LogP contribution in [0.25, 0.3) is 0 Å². The van der Waals surface area contributed by atoms with Gasteiger partial charge in [-0.3, -0.25) is 0 Å². The van der Waals surface area contributed by atoms with Gasteiger partial charge in [0.05, 0.1) is 6.10 Å². The van der Waals surface area contributed by atoms with Gasteiger partial charge in [-0.1, -0.05) is 6.92 Å². The Bertz CT molecular complexity index is 98.5. The van der Waals surface area contributed by atoms with Crippen LogP contribution in [0, 0.1) is 0 Å². The van der Waals surface area contributed by atoms with Crippen molar-refractivity contribution in [2.24, 2.45) is 0 Å². The fraction of sp³-hybridized carbons (Fsp3) is 1.00. The average molecular weight is 175 g/mol. The van der Waals surface area contributed by atoms with Gasteiger partial charge in [-0.05, 0) is 19.9 Å². The molecule has 0 heterocycles. The standard InChI is InChI=1S/C9H21NO2/c1-4-9(11)8-10(2)6-5-7-12-3/h9,11H,4-8H2,1-3H3. The van der Waals surface area contributed by atoms with Crippen LogP contribution >= 0.6 is 0 Å². The second-order valence-corrected chi connectivity index (χ2v) is 3.17. The first-order valence-corrected chi connectivity index (χ1v) is 4.56. The summed E-state index contributed by atoms with van der Waals surface area (Å²) in [5.74, 6) is 0. The first-order chi connectivity index (χ1) is 5.70. The predicted octanol–water partition coefficient (Wildman–Crippen LogP) is 0.726. The summed E-state index contributed by atoms with van der Waals surface area (Å²) in [5, 5.41) is 9.31. The molecule has 0 amide bonds. The molecule has 1 unspecified atom stereocenters. The van der Waals surface area contributed by atoms with Crippen LogP contribution in [0.5, 0.6) is 0 Å². The summed E-state index contributed by atoms with van der Waals surface area (Å²) in [6, 6.07) is 0. The molecule has 3 heteroatoms. The zero-order valence-corrected chi connectivity index (χ0v) is 8.42. The minimum atomic E-state index is -0.183. The van der Waals surface area contributed by atoms with Crippen molar-refractivity contribution in [1.29, 1.82) is 0 Å². The van der Waals surface area contributed by atoms with Gasteiger partial charge in [0.15, 0.2) is 0 Å². The fourth-order valence-electron chi connectivity index (χ4n) is 1.06. The number of ether oxygens (including phenoxy) is 1. The number of likely N-dealkylation sites (N-methyl/N-ethyl adjacent to an activating group) is 1. The molecule has 0 aliphatic heterocycles. The second-order valence-electron chi connectivity index (χ2n) is 3.17. The summed E-state index contributed by atoms with van der Waals surface area (Å²) in [7, 11) is 3.73. The summed E-state index contributed by atoms with van der Waals surface area (Å²) in [5.41, 5.74) is 0. The summed E-state index contributed by atoms with van der Waals surface area (Å²) in [6.07, 6.45) is 1.68. The molecule has 0 aromatic heterocycles. The molecule has 1 N–H and O–H groups in total. The van der Waals surface area contributed by atoms with Crippen LogP contribution in [0.2, 0.25) is 0 Å². The van der Waals surface area contributed by atoms with Crippen LogP contribution in [0.15, 0.2) is 0 Å². The quantitative estimate of drug-likeness (QED) is 0.579. The third-order valence-electron chi connectivity index (χ3n) is 1.88. The van der Waals surface area contributed by atoms with Gasteiger partial charge < -0.3 is 14.7 Å². The van der Waals surface area contributed by atoms with Gasteiger partial charge in [0.25, 0.3) is 0 Å². The lowest BCUT2D eigenvalue weighted by Gasteiger charge is -2.19. The van der Waals surface area contributed by atoms with Gasteiger partial charge in [0, 0.05) is 26.8 Å². The van der Waals surface area contributed by atoms with Crippen LogP contribution in [0.1, 0.15) is 19.8 Å². The lowest BCUT2D eigenvalue weighted by Crippen LogP contribution is -2.29. The Kier molecular flexibility index (Phi) is 7.45. The maximum absolute atomic E-state index is 9.31. The van der Waals surface area contributed by atoms with Gasteiger partial charge >= 0.3 is 0 Å². The molecule has 74 valence electrons. The number of aliphatic hydroxyl groups is 1. The molecule has 0 fully saturated rings. The van der Waals surface area contributed by atoms with E-state index in [4.69, 9.17) is 4.74 Å². The van der Waals surface area contributed by atoms with E-state index in [1.54, 1.807) is 7.11 Å². The monoisotopic (exact) mass is 175 g/mol. The van der Waals surface area contributed by atoms with Gasteiger partial charge in [-0.15, -0.1) is 0 Å². The van der Waals surface area contributed by atoms with E-state index >= 15 is 0 Å².